The molecule has 1 aliphatic carbocycles. The van der Waals surface area contributed by atoms with Crippen LogP contribution in [-0.4, -0.2) is 60.8 Å². The predicted octanol–water partition coefficient (Wildman–Crippen LogP) is 1.57. The fourth-order valence-electron chi connectivity index (χ4n) is 3.58. The molecule has 2 rings (SSSR count). The molecular weight excluding hydrogens is 212 g/mol. The fourth-order valence-corrected chi connectivity index (χ4v) is 3.58. The summed E-state index contributed by atoms with van der Waals surface area (Å²) >= 11 is 0. The molecule has 0 aromatic carbocycles. The van der Waals surface area contributed by atoms with Crippen LogP contribution in [0.5, 0.6) is 0 Å². The molecule has 1 aliphatic heterocycles. The van der Waals surface area contributed by atoms with Crippen LogP contribution in [0.25, 0.3) is 0 Å². The highest BCUT2D eigenvalue weighted by Crippen LogP contribution is 2.38. The maximum atomic E-state index is 9.72. The molecule has 0 radical (unpaired) electrons. The van der Waals surface area contributed by atoms with E-state index >= 15 is 0 Å². The van der Waals surface area contributed by atoms with E-state index in [0.717, 1.165) is 6.54 Å². The van der Waals surface area contributed by atoms with Crippen LogP contribution < -0.4 is 0 Å². The largest absolute Gasteiger partial charge is 0.396 e. The molecule has 1 heterocycles. The van der Waals surface area contributed by atoms with Gasteiger partial charge in [-0.1, -0.05) is 12.8 Å². The van der Waals surface area contributed by atoms with Gasteiger partial charge in [-0.25, -0.2) is 0 Å². The Bertz CT molecular complexity index is 238. The Morgan fingerprint density at radius 2 is 1.88 bits per heavy atom. The summed E-state index contributed by atoms with van der Waals surface area (Å²) < 4.78 is 0. The lowest BCUT2D eigenvalue weighted by molar-refractivity contribution is 0.0622. The summed E-state index contributed by atoms with van der Waals surface area (Å²) in [6.07, 6.45) is 6.33. The number of hydrogen-bond acceptors (Lipinski definition) is 3. The van der Waals surface area contributed by atoms with Gasteiger partial charge in [0.2, 0.25) is 0 Å². The summed E-state index contributed by atoms with van der Waals surface area (Å²) in [5, 5.41) is 9.72. The molecule has 3 nitrogen and oxygen atoms in total. The molecule has 2 fully saturated rings. The van der Waals surface area contributed by atoms with Gasteiger partial charge in [-0.2, -0.15) is 0 Å². The predicted molar refractivity (Wildman–Crippen MR) is 71.1 cm³/mol. The van der Waals surface area contributed by atoms with E-state index in [-0.39, 0.29) is 5.41 Å². The van der Waals surface area contributed by atoms with Crippen LogP contribution in [0.4, 0.5) is 0 Å². The topological polar surface area (TPSA) is 26.7 Å². The van der Waals surface area contributed by atoms with Gasteiger partial charge in [0.05, 0.1) is 0 Å². The lowest BCUT2D eigenvalue weighted by atomic mass is 9.86. The lowest BCUT2D eigenvalue weighted by Gasteiger charge is -2.36. The lowest BCUT2D eigenvalue weighted by Crippen LogP contribution is -2.45. The van der Waals surface area contributed by atoms with Crippen molar-refractivity contribution in [2.45, 2.75) is 45.1 Å². The summed E-state index contributed by atoms with van der Waals surface area (Å²) in [5.41, 5.74) is 0.219. The Balaban J connectivity index is 1.96. The zero-order valence-corrected chi connectivity index (χ0v) is 11.5. The van der Waals surface area contributed by atoms with E-state index in [9.17, 15) is 5.11 Å². The standard InChI is InChI=1S/C14H28N2O/c1-13-10-15(2)8-5-9-16(13)11-14(12-17)6-3-4-7-14/h13,17H,3-12H2,1-2H3. The minimum Gasteiger partial charge on any atom is -0.396 e. The summed E-state index contributed by atoms with van der Waals surface area (Å²) in [5.74, 6) is 0. The molecule has 0 spiro atoms. The summed E-state index contributed by atoms with van der Waals surface area (Å²) in [6, 6.07) is 0.631. The van der Waals surface area contributed by atoms with Gasteiger partial charge < -0.3 is 10.0 Å². The van der Waals surface area contributed by atoms with Crippen LogP contribution in [0.3, 0.4) is 0 Å². The van der Waals surface area contributed by atoms with Crippen molar-refractivity contribution in [3.63, 3.8) is 0 Å². The molecular formula is C14H28N2O. The Labute approximate surface area is 106 Å². The summed E-state index contributed by atoms with van der Waals surface area (Å²) in [4.78, 5) is 5.05. The molecule has 0 bridgehead atoms. The van der Waals surface area contributed by atoms with Gasteiger partial charge >= 0.3 is 0 Å². The van der Waals surface area contributed by atoms with Crippen molar-refractivity contribution in [3.8, 4) is 0 Å². The highest BCUT2D eigenvalue weighted by molar-refractivity contribution is 4.89. The van der Waals surface area contributed by atoms with Crippen molar-refractivity contribution >= 4 is 0 Å². The van der Waals surface area contributed by atoms with Crippen LogP contribution in [0.15, 0.2) is 0 Å². The Hall–Kier alpha value is -0.120. The van der Waals surface area contributed by atoms with Gasteiger partial charge in [0.15, 0.2) is 0 Å². The van der Waals surface area contributed by atoms with Gasteiger partial charge in [0.1, 0.15) is 0 Å². The number of rotatable bonds is 3. The second-order valence-electron chi connectivity index (χ2n) is 6.30. The van der Waals surface area contributed by atoms with Crippen molar-refractivity contribution < 1.29 is 5.11 Å². The monoisotopic (exact) mass is 240 g/mol. The third-order valence-corrected chi connectivity index (χ3v) is 4.72. The fraction of sp³-hybridized carbons (Fsp3) is 1.00. The highest BCUT2D eigenvalue weighted by atomic mass is 16.3. The van der Waals surface area contributed by atoms with E-state index < -0.39 is 0 Å². The first-order chi connectivity index (χ1) is 8.15. The van der Waals surface area contributed by atoms with Gasteiger partial charge in [0.25, 0.3) is 0 Å². The second-order valence-corrected chi connectivity index (χ2v) is 6.30. The first-order valence-electron chi connectivity index (χ1n) is 7.19. The Kier molecular flexibility index (Phi) is 4.45. The van der Waals surface area contributed by atoms with Crippen molar-refractivity contribution in [1.82, 2.24) is 9.80 Å². The third kappa shape index (κ3) is 3.21. The van der Waals surface area contributed by atoms with Crippen molar-refractivity contribution in [2.75, 3.05) is 39.8 Å². The summed E-state index contributed by atoms with van der Waals surface area (Å²) in [7, 11) is 2.22. The van der Waals surface area contributed by atoms with E-state index in [1.165, 1.54) is 51.7 Å². The number of aliphatic hydroxyl groups is 1. The van der Waals surface area contributed by atoms with Crippen LogP contribution in [0.1, 0.15) is 39.0 Å². The van der Waals surface area contributed by atoms with Crippen LogP contribution >= 0.6 is 0 Å². The summed E-state index contributed by atoms with van der Waals surface area (Å²) in [6.45, 7) is 7.41. The molecule has 17 heavy (non-hydrogen) atoms. The Morgan fingerprint density at radius 1 is 1.18 bits per heavy atom. The van der Waals surface area contributed by atoms with Crippen LogP contribution in [0.2, 0.25) is 0 Å². The van der Waals surface area contributed by atoms with E-state index in [2.05, 4.69) is 23.8 Å². The second kappa shape index (κ2) is 5.68. The molecule has 3 heteroatoms. The first-order valence-corrected chi connectivity index (χ1v) is 7.19. The van der Waals surface area contributed by atoms with Gasteiger partial charge in [-0.05, 0) is 46.3 Å². The van der Waals surface area contributed by atoms with Crippen LogP contribution in [-0.2, 0) is 0 Å². The van der Waals surface area contributed by atoms with E-state index in [1.807, 2.05) is 0 Å². The quantitative estimate of drug-likeness (QED) is 0.811. The highest BCUT2D eigenvalue weighted by Gasteiger charge is 2.36. The SMILES string of the molecule is CC1CN(C)CCCN1CC1(CO)CCCC1. The number of nitrogens with zero attached hydrogens (tertiary/aromatic N) is 2. The van der Waals surface area contributed by atoms with Crippen molar-refractivity contribution in [1.29, 1.82) is 0 Å². The molecule has 2 aliphatic rings. The number of aliphatic hydroxyl groups excluding tert-OH is 1. The van der Waals surface area contributed by atoms with E-state index in [0.29, 0.717) is 12.6 Å². The molecule has 1 N–H and O–H groups in total. The minimum atomic E-state index is 0.219. The normalized spacial score (nSPS) is 31.6. The average Bonchev–Trinajstić information content (AvgIpc) is 2.70. The molecule has 0 aromatic heterocycles. The molecule has 0 amide bonds. The van der Waals surface area contributed by atoms with Crippen molar-refractivity contribution in [3.05, 3.63) is 0 Å². The molecule has 100 valence electrons. The third-order valence-electron chi connectivity index (χ3n) is 4.72. The smallest absolute Gasteiger partial charge is 0.0499 e. The zero-order chi connectivity index (χ0) is 12.3. The van der Waals surface area contributed by atoms with Gasteiger partial charge in [-0.15, -0.1) is 0 Å². The molecule has 1 saturated carbocycles. The number of hydrogen-bond donors (Lipinski definition) is 1. The molecule has 1 saturated heterocycles. The maximum Gasteiger partial charge on any atom is 0.0499 e. The number of likely N-dealkylation sites (N-methyl/N-ethyl adjacent to an activating group) is 1. The average molecular weight is 240 g/mol. The van der Waals surface area contributed by atoms with Crippen LogP contribution in [0, 0.1) is 5.41 Å². The van der Waals surface area contributed by atoms with E-state index in [4.69, 9.17) is 0 Å². The van der Waals surface area contributed by atoms with E-state index in [1.54, 1.807) is 0 Å². The molecule has 0 aromatic rings. The zero-order valence-electron chi connectivity index (χ0n) is 11.5. The van der Waals surface area contributed by atoms with Gasteiger partial charge in [-0.3, -0.25) is 4.90 Å². The molecule has 1 unspecified atom stereocenters. The minimum absolute atomic E-state index is 0.219. The maximum absolute atomic E-state index is 9.72. The van der Waals surface area contributed by atoms with Gasteiger partial charge in [0, 0.05) is 31.2 Å². The first kappa shape index (κ1) is 13.3. The Morgan fingerprint density at radius 3 is 2.53 bits per heavy atom. The van der Waals surface area contributed by atoms with Crippen molar-refractivity contribution in [2.24, 2.45) is 5.41 Å². The molecule has 1 atom stereocenters.